The minimum Gasteiger partial charge on any atom is -0.481 e. The normalized spacial score (nSPS) is 10.8. The van der Waals surface area contributed by atoms with Gasteiger partial charge < -0.3 is 15.4 Å². The van der Waals surface area contributed by atoms with Gasteiger partial charge in [0.1, 0.15) is 5.69 Å². The lowest BCUT2D eigenvalue weighted by Gasteiger charge is -2.04. The number of para-hydroxylation sites is 1. The second-order valence-corrected chi connectivity index (χ2v) is 5.97. The van der Waals surface area contributed by atoms with Crippen molar-refractivity contribution < 1.29 is 14.7 Å². The maximum Gasteiger partial charge on any atom is 0.303 e. The zero-order valence-electron chi connectivity index (χ0n) is 12.2. The third-order valence-corrected chi connectivity index (χ3v) is 4.30. The molecular weight excluding hydrogens is 348 g/mol. The summed E-state index contributed by atoms with van der Waals surface area (Å²) in [6.07, 6.45) is 3.55. The zero-order chi connectivity index (χ0) is 15.9. The molecule has 0 aliphatic heterocycles. The molecule has 1 aromatic carbocycles. The smallest absolute Gasteiger partial charge is 0.303 e. The van der Waals surface area contributed by atoms with Crippen LogP contribution >= 0.6 is 15.9 Å². The summed E-state index contributed by atoms with van der Waals surface area (Å²) in [5.41, 5.74) is 1.46. The highest BCUT2D eigenvalue weighted by molar-refractivity contribution is 9.10. The first-order chi connectivity index (χ1) is 10.6. The molecule has 0 unspecified atom stereocenters. The molecule has 2 rings (SSSR count). The fourth-order valence-electron chi connectivity index (χ4n) is 2.31. The van der Waals surface area contributed by atoms with Gasteiger partial charge in [-0.25, -0.2) is 0 Å². The number of benzene rings is 1. The minimum atomic E-state index is -0.753. The number of aromatic amines is 1. The molecule has 0 spiro atoms. The van der Waals surface area contributed by atoms with Crippen LogP contribution in [0, 0.1) is 0 Å². The SMILES string of the molecule is O=C(O)CCCCCCNC(=O)c1[nH]c2ccccc2c1Br. The van der Waals surface area contributed by atoms with Gasteiger partial charge in [0.05, 0.1) is 4.47 Å². The molecule has 0 atom stereocenters. The van der Waals surface area contributed by atoms with Crippen molar-refractivity contribution in [3.63, 3.8) is 0 Å². The minimum absolute atomic E-state index is 0.131. The average Bonchev–Trinajstić information content (AvgIpc) is 2.83. The van der Waals surface area contributed by atoms with Gasteiger partial charge in [-0.15, -0.1) is 0 Å². The van der Waals surface area contributed by atoms with E-state index in [1.165, 1.54) is 0 Å². The van der Waals surface area contributed by atoms with Crippen molar-refractivity contribution in [1.82, 2.24) is 10.3 Å². The fraction of sp³-hybridized carbons (Fsp3) is 0.375. The van der Waals surface area contributed by atoms with E-state index in [9.17, 15) is 9.59 Å². The Morgan fingerprint density at radius 1 is 1.14 bits per heavy atom. The number of amides is 1. The van der Waals surface area contributed by atoms with Crippen LogP contribution in [0.5, 0.6) is 0 Å². The van der Waals surface area contributed by atoms with Crippen LogP contribution in [-0.2, 0) is 4.79 Å². The molecule has 0 aliphatic carbocycles. The van der Waals surface area contributed by atoms with E-state index in [2.05, 4.69) is 26.2 Å². The van der Waals surface area contributed by atoms with Crippen molar-refractivity contribution in [1.29, 1.82) is 0 Å². The number of fused-ring (bicyclic) bond motifs is 1. The number of nitrogens with one attached hydrogen (secondary N) is 2. The van der Waals surface area contributed by atoms with Crippen molar-refractivity contribution in [2.24, 2.45) is 0 Å². The molecule has 6 heteroatoms. The first-order valence-electron chi connectivity index (χ1n) is 7.36. The largest absolute Gasteiger partial charge is 0.481 e. The third-order valence-electron chi connectivity index (χ3n) is 3.47. The summed E-state index contributed by atoms with van der Waals surface area (Å²) in [5, 5.41) is 12.4. The van der Waals surface area contributed by atoms with Crippen LogP contribution in [0.25, 0.3) is 10.9 Å². The van der Waals surface area contributed by atoms with E-state index in [1.54, 1.807) is 0 Å². The second-order valence-electron chi connectivity index (χ2n) is 5.17. The van der Waals surface area contributed by atoms with Crippen molar-refractivity contribution in [2.75, 3.05) is 6.54 Å². The van der Waals surface area contributed by atoms with E-state index in [1.807, 2.05) is 24.3 Å². The highest BCUT2D eigenvalue weighted by atomic mass is 79.9. The molecule has 0 radical (unpaired) electrons. The predicted octanol–water partition coefficient (Wildman–Crippen LogP) is 3.70. The Kier molecular flexibility index (Phi) is 6.00. The van der Waals surface area contributed by atoms with Gasteiger partial charge in [0.25, 0.3) is 5.91 Å². The van der Waals surface area contributed by atoms with Crippen molar-refractivity contribution >= 4 is 38.7 Å². The number of rotatable bonds is 8. The molecule has 0 saturated heterocycles. The topological polar surface area (TPSA) is 82.2 Å². The van der Waals surface area contributed by atoms with E-state index < -0.39 is 5.97 Å². The zero-order valence-corrected chi connectivity index (χ0v) is 13.8. The molecule has 22 heavy (non-hydrogen) atoms. The lowest BCUT2D eigenvalue weighted by atomic mass is 10.1. The van der Waals surface area contributed by atoms with Gasteiger partial charge in [-0.2, -0.15) is 0 Å². The molecule has 0 fully saturated rings. The van der Waals surface area contributed by atoms with Crippen molar-refractivity contribution in [3.05, 3.63) is 34.4 Å². The highest BCUT2D eigenvalue weighted by Gasteiger charge is 2.14. The number of H-pyrrole nitrogens is 1. The molecule has 5 nitrogen and oxygen atoms in total. The Morgan fingerprint density at radius 3 is 2.59 bits per heavy atom. The molecule has 2 aromatic rings. The van der Waals surface area contributed by atoms with Crippen molar-refractivity contribution in [3.8, 4) is 0 Å². The number of carboxylic acids is 1. The maximum absolute atomic E-state index is 12.2. The Balaban J connectivity index is 1.77. The summed E-state index contributed by atoms with van der Waals surface area (Å²) in [7, 11) is 0. The van der Waals surface area contributed by atoms with Crippen LogP contribution in [0.4, 0.5) is 0 Å². The van der Waals surface area contributed by atoms with E-state index in [-0.39, 0.29) is 12.3 Å². The fourth-order valence-corrected chi connectivity index (χ4v) is 2.93. The number of unbranched alkanes of at least 4 members (excludes halogenated alkanes) is 3. The number of halogens is 1. The van der Waals surface area contributed by atoms with Crippen LogP contribution < -0.4 is 5.32 Å². The second kappa shape index (κ2) is 7.98. The summed E-state index contributed by atoms with van der Waals surface area (Å²) in [6.45, 7) is 0.591. The number of aliphatic carboxylic acids is 1. The molecule has 3 N–H and O–H groups in total. The van der Waals surface area contributed by atoms with Gasteiger partial charge in [0.15, 0.2) is 0 Å². The molecule has 118 valence electrons. The Bertz CT molecular complexity index is 666. The molecule has 0 aliphatic rings. The molecular formula is C16H19BrN2O3. The number of carboxylic acid groups (broad SMARTS) is 1. The van der Waals surface area contributed by atoms with Crippen LogP contribution in [0.15, 0.2) is 28.7 Å². The van der Waals surface area contributed by atoms with Crippen LogP contribution in [0.2, 0.25) is 0 Å². The number of hydrogen-bond donors (Lipinski definition) is 3. The van der Waals surface area contributed by atoms with Gasteiger partial charge >= 0.3 is 5.97 Å². The van der Waals surface area contributed by atoms with Crippen LogP contribution in [0.3, 0.4) is 0 Å². The number of carbonyl (C=O) groups excluding carboxylic acids is 1. The lowest BCUT2D eigenvalue weighted by molar-refractivity contribution is -0.137. The Hall–Kier alpha value is -1.82. The summed E-state index contributed by atoms with van der Waals surface area (Å²) < 4.78 is 0.780. The molecule has 1 amide bonds. The lowest BCUT2D eigenvalue weighted by Crippen LogP contribution is -2.25. The van der Waals surface area contributed by atoms with Crippen molar-refractivity contribution in [2.45, 2.75) is 32.1 Å². The number of aromatic nitrogens is 1. The molecule has 0 saturated carbocycles. The van der Waals surface area contributed by atoms with Gasteiger partial charge in [-0.05, 0) is 34.8 Å². The Morgan fingerprint density at radius 2 is 1.86 bits per heavy atom. The monoisotopic (exact) mass is 366 g/mol. The quantitative estimate of drug-likeness (QED) is 0.623. The van der Waals surface area contributed by atoms with E-state index in [4.69, 9.17) is 5.11 Å². The van der Waals surface area contributed by atoms with Gasteiger partial charge in [0, 0.05) is 23.9 Å². The summed E-state index contributed by atoms with van der Waals surface area (Å²) in [5.74, 6) is -0.884. The summed E-state index contributed by atoms with van der Waals surface area (Å²) in [6, 6.07) is 7.73. The molecule has 0 bridgehead atoms. The summed E-state index contributed by atoms with van der Waals surface area (Å²) >= 11 is 3.46. The number of carbonyl (C=O) groups is 2. The highest BCUT2D eigenvalue weighted by Crippen LogP contribution is 2.27. The Labute approximate surface area is 137 Å². The maximum atomic E-state index is 12.2. The third kappa shape index (κ3) is 4.34. The first-order valence-corrected chi connectivity index (χ1v) is 8.15. The van der Waals surface area contributed by atoms with Gasteiger partial charge in [-0.3, -0.25) is 9.59 Å². The van der Waals surface area contributed by atoms with Gasteiger partial charge in [-0.1, -0.05) is 31.0 Å². The van der Waals surface area contributed by atoms with Crippen LogP contribution in [-0.4, -0.2) is 28.5 Å². The van der Waals surface area contributed by atoms with E-state index >= 15 is 0 Å². The number of hydrogen-bond acceptors (Lipinski definition) is 2. The van der Waals surface area contributed by atoms with Gasteiger partial charge in [0.2, 0.25) is 0 Å². The van der Waals surface area contributed by atoms with Crippen LogP contribution in [0.1, 0.15) is 42.6 Å². The van der Waals surface area contributed by atoms with E-state index in [0.29, 0.717) is 18.7 Å². The summed E-state index contributed by atoms with van der Waals surface area (Å²) in [4.78, 5) is 25.7. The molecule has 1 aromatic heterocycles. The average molecular weight is 367 g/mol. The standard InChI is InChI=1S/C16H19BrN2O3/c17-14-11-7-4-5-8-12(11)19-15(14)16(22)18-10-6-2-1-3-9-13(20)21/h4-5,7-8,19H,1-3,6,9-10H2,(H,18,22)(H,20,21). The first kappa shape index (κ1) is 16.5. The predicted molar refractivity (Wildman–Crippen MR) is 89.1 cm³/mol. The molecule has 1 heterocycles. The van der Waals surface area contributed by atoms with E-state index in [0.717, 1.165) is 34.6 Å².